The molecule has 0 spiro atoms. The first-order chi connectivity index (χ1) is 11.5. The number of likely N-dealkylation sites (N-methyl/N-ethyl adjacent to an activating group) is 1. The predicted octanol–water partition coefficient (Wildman–Crippen LogP) is 2.42. The first-order valence-electron chi connectivity index (χ1n) is 9.65. The third-order valence-corrected chi connectivity index (χ3v) is 6.14. The van der Waals surface area contributed by atoms with Crippen molar-refractivity contribution in [3.63, 3.8) is 0 Å². The number of carbonyl (C=O) groups excluding carboxylic acids is 2. The van der Waals surface area contributed by atoms with Crippen LogP contribution in [0.25, 0.3) is 0 Å². The van der Waals surface area contributed by atoms with E-state index in [9.17, 15) is 14.7 Å². The van der Waals surface area contributed by atoms with E-state index in [1.165, 1.54) is 0 Å². The fourth-order valence-corrected chi connectivity index (χ4v) is 5.04. The lowest BCUT2D eigenvalue weighted by molar-refractivity contribution is -0.143. The maximum Gasteiger partial charge on any atom is 0.242 e. The molecule has 2 saturated carbocycles. The number of nitrogens with zero attached hydrogens (tertiary/aromatic N) is 2. The number of hydrogen-bond acceptors (Lipinski definition) is 3. The molecule has 2 aliphatic carbocycles. The minimum Gasteiger partial charge on any atom is -0.393 e. The van der Waals surface area contributed by atoms with Crippen molar-refractivity contribution < 1.29 is 14.7 Å². The molecule has 0 aromatic rings. The lowest BCUT2D eigenvalue weighted by Crippen LogP contribution is -2.57. The number of carbonyl (C=O) groups is 2. The molecule has 2 amide bonds. The van der Waals surface area contributed by atoms with Crippen LogP contribution >= 0.6 is 0 Å². The second-order valence-electron chi connectivity index (χ2n) is 7.79. The highest BCUT2D eigenvalue weighted by Gasteiger charge is 2.46. The summed E-state index contributed by atoms with van der Waals surface area (Å²) < 4.78 is 0. The van der Waals surface area contributed by atoms with Crippen LogP contribution in [-0.2, 0) is 9.59 Å². The summed E-state index contributed by atoms with van der Waals surface area (Å²) in [6.07, 6.45) is 7.20. The van der Waals surface area contributed by atoms with E-state index in [0.29, 0.717) is 18.4 Å². The zero-order chi connectivity index (χ0) is 17.7. The Bertz CT molecular complexity index is 422. The van der Waals surface area contributed by atoms with Crippen LogP contribution in [0.4, 0.5) is 0 Å². The van der Waals surface area contributed by atoms with E-state index in [1.54, 1.807) is 4.90 Å². The molecule has 5 nitrogen and oxygen atoms in total. The average Bonchev–Trinajstić information content (AvgIpc) is 2.55. The molecule has 0 aliphatic heterocycles. The highest BCUT2D eigenvalue weighted by Crippen LogP contribution is 2.48. The molecule has 24 heavy (non-hydrogen) atoms. The summed E-state index contributed by atoms with van der Waals surface area (Å²) in [5.74, 6) is 1.00. The number of aliphatic hydroxyl groups is 1. The predicted molar refractivity (Wildman–Crippen MR) is 94.4 cm³/mol. The van der Waals surface area contributed by atoms with Crippen LogP contribution in [-0.4, -0.2) is 58.5 Å². The maximum atomic E-state index is 12.6. The number of aliphatic hydroxyl groups excluding tert-OH is 1. The zero-order valence-electron chi connectivity index (χ0n) is 15.5. The molecule has 2 rings (SSSR count). The van der Waals surface area contributed by atoms with Gasteiger partial charge in [0, 0.05) is 18.6 Å². The molecule has 2 fully saturated rings. The molecule has 0 aromatic carbocycles. The molecule has 2 atom stereocenters. The van der Waals surface area contributed by atoms with Crippen molar-refractivity contribution in [1.29, 1.82) is 0 Å². The van der Waals surface area contributed by atoms with Crippen LogP contribution in [0.1, 0.15) is 65.7 Å². The standard InChI is InChI=1S/C19H34N2O3/c1-4-7-20(6-3)18(24)13-21(14-22)19(5-2)11-15-8-16(12-19)10-17(23)9-15/h14-17,23H,4-13H2,1-3H3. The van der Waals surface area contributed by atoms with Crippen molar-refractivity contribution in [3.05, 3.63) is 0 Å². The van der Waals surface area contributed by atoms with Gasteiger partial charge in [-0.15, -0.1) is 0 Å². The molecule has 2 unspecified atom stereocenters. The van der Waals surface area contributed by atoms with E-state index >= 15 is 0 Å². The number of hydrogen-bond donors (Lipinski definition) is 1. The van der Waals surface area contributed by atoms with Gasteiger partial charge in [0.05, 0.1) is 6.10 Å². The maximum absolute atomic E-state index is 12.6. The minimum atomic E-state index is -0.212. The first-order valence-corrected chi connectivity index (χ1v) is 9.65. The Hall–Kier alpha value is -1.10. The summed E-state index contributed by atoms with van der Waals surface area (Å²) in [5.41, 5.74) is -0.212. The van der Waals surface area contributed by atoms with Gasteiger partial charge in [0.15, 0.2) is 0 Å². The fraction of sp³-hybridized carbons (Fsp3) is 0.895. The number of fused-ring (bicyclic) bond motifs is 2. The average molecular weight is 338 g/mol. The Labute approximate surface area is 146 Å². The van der Waals surface area contributed by atoms with Gasteiger partial charge in [-0.1, -0.05) is 13.8 Å². The Morgan fingerprint density at radius 2 is 1.79 bits per heavy atom. The van der Waals surface area contributed by atoms with Crippen LogP contribution in [0.5, 0.6) is 0 Å². The minimum absolute atomic E-state index is 0.0510. The Balaban J connectivity index is 2.12. The van der Waals surface area contributed by atoms with Crippen LogP contribution in [0, 0.1) is 11.8 Å². The Morgan fingerprint density at radius 3 is 2.25 bits per heavy atom. The van der Waals surface area contributed by atoms with Crippen LogP contribution in [0.15, 0.2) is 0 Å². The van der Waals surface area contributed by atoms with Gasteiger partial charge in [-0.25, -0.2) is 0 Å². The summed E-state index contributed by atoms with van der Waals surface area (Å²) >= 11 is 0. The van der Waals surface area contributed by atoms with E-state index in [2.05, 4.69) is 13.8 Å². The molecular formula is C19H34N2O3. The van der Waals surface area contributed by atoms with Crippen molar-refractivity contribution in [1.82, 2.24) is 9.80 Å². The van der Waals surface area contributed by atoms with Crippen molar-refractivity contribution in [2.24, 2.45) is 11.8 Å². The number of amides is 2. The highest BCUT2D eigenvalue weighted by atomic mass is 16.3. The smallest absolute Gasteiger partial charge is 0.242 e. The number of rotatable bonds is 8. The van der Waals surface area contributed by atoms with Crippen LogP contribution in [0.2, 0.25) is 0 Å². The monoisotopic (exact) mass is 338 g/mol. The molecule has 2 aliphatic rings. The second kappa shape index (κ2) is 8.32. The summed E-state index contributed by atoms with van der Waals surface area (Å²) in [6.45, 7) is 7.80. The molecular weight excluding hydrogens is 304 g/mol. The van der Waals surface area contributed by atoms with Crippen molar-refractivity contribution in [2.75, 3.05) is 19.6 Å². The van der Waals surface area contributed by atoms with Gasteiger partial charge in [-0.3, -0.25) is 9.59 Å². The topological polar surface area (TPSA) is 60.9 Å². The van der Waals surface area contributed by atoms with Gasteiger partial charge in [-0.05, 0) is 63.7 Å². The summed E-state index contributed by atoms with van der Waals surface area (Å²) in [4.78, 5) is 28.1. The van der Waals surface area contributed by atoms with Gasteiger partial charge in [0.2, 0.25) is 12.3 Å². The normalized spacial score (nSPS) is 32.2. The van der Waals surface area contributed by atoms with Gasteiger partial charge in [0.1, 0.15) is 6.54 Å². The van der Waals surface area contributed by atoms with E-state index in [1.807, 2.05) is 11.8 Å². The molecule has 0 radical (unpaired) electrons. The lowest BCUT2D eigenvalue weighted by atomic mass is 9.62. The largest absolute Gasteiger partial charge is 0.393 e. The molecule has 138 valence electrons. The van der Waals surface area contributed by atoms with E-state index in [0.717, 1.165) is 57.9 Å². The third-order valence-electron chi connectivity index (χ3n) is 6.14. The van der Waals surface area contributed by atoms with Crippen LogP contribution in [0.3, 0.4) is 0 Å². The Kier molecular flexibility index (Phi) is 6.67. The van der Waals surface area contributed by atoms with E-state index < -0.39 is 0 Å². The van der Waals surface area contributed by atoms with Gasteiger partial charge < -0.3 is 14.9 Å². The van der Waals surface area contributed by atoms with Gasteiger partial charge in [0.25, 0.3) is 0 Å². The van der Waals surface area contributed by atoms with Crippen molar-refractivity contribution in [2.45, 2.75) is 77.4 Å². The molecule has 2 bridgehead atoms. The fourth-order valence-electron chi connectivity index (χ4n) is 5.04. The van der Waals surface area contributed by atoms with E-state index in [-0.39, 0.29) is 24.1 Å². The second-order valence-corrected chi connectivity index (χ2v) is 7.79. The van der Waals surface area contributed by atoms with E-state index in [4.69, 9.17) is 0 Å². The molecule has 0 aromatic heterocycles. The molecule has 1 N–H and O–H groups in total. The molecule has 5 heteroatoms. The molecule has 0 saturated heterocycles. The first kappa shape index (κ1) is 19.2. The highest BCUT2D eigenvalue weighted by molar-refractivity contribution is 5.80. The summed E-state index contributed by atoms with van der Waals surface area (Å²) in [6, 6.07) is 0. The SMILES string of the molecule is CCCN(CC)C(=O)CN(C=O)C1(CC)CC2CC(O)CC(C2)C1. The quantitative estimate of drug-likeness (QED) is 0.692. The van der Waals surface area contributed by atoms with Crippen molar-refractivity contribution >= 4 is 12.3 Å². The zero-order valence-corrected chi connectivity index (χ0v) is 15.5. The summed E-state index contributed by atoms with van der Waals surface area (Å²) in [5, 5.41) is 10.0. The van der Waals surface area contributed by atoms with Gasteiger partial charge in [-0.2, -0.15) is 0 Å². The molecule has 0 heterocycles. The van der Waals surface area contributed by atoms with Crippen molar-refractivity contribution in [3.8, 4) is 0 Å². The lowest BCUT2D eigenvalue weighted by Gasteiger charge is -2.52. The third kappa shape index (κ3) is 4.11. The van der Waals surface area contributed by atoms with Gasteiger partial charge >= 0.3 is 0 Å². The Morgan fingerprint density at radius 1 is 1.17 bits per heavy atom. The van der Waals surface area contributed by atoms with Crippen LogP contribution < -0.4 is 0 Å². The summed E-state index contributed by atoms with van der Waals surface area (Å²) in [7, 11) is 0.